The number of sulfonamides is 1. The minimum absolute atomic E-state index is 0.0181. The highest BCUT2D eigenvalue weighted by atomic mass is 32.2. The molecule has 0 radical (unpaired) electrons. The first-order valence-corrected chi connectivity index (χ1v) is 18.7. The molecule has 12 nitrogen and oxygen atoms in total. The van der Waals surface area contributed by atoms with Crippen molar-refractivity contribution in [1.82, 2.24) is 20.3 Å². The molecule has 0 spiro atoms. The summed E-state index contributed by atoms with van der Waals surface area (Å²) in [7, 11) is -2.21. The number of carbonyl (C=O) groups is 4. The number of hydrogen-bond acceptors (Lipinski definition) is 7. The number of ether oxygens (including phenoxy) is 1. The largest absolute Gasteiger partial charge is 0.496 e. The molecule has 0 aromatic heterocycles. The Hall–Kier alpha value is -4.91. The van der Waals surface area contributed by atoms with Gasteiger partial charge in [-0.05, 0) is 73.9 Å². The lowest BCUT2D eigenvalue weighted by atomic mass is 9.83. The van der Waals surface area contributed by atoms with Crippen molar-refractivity contribution in [2.45, 2.75) is 75.4 Å². The fraction of sp³-hybridized carbons (Fsp3) is 0.405. The first-order valence-electron chi connectivity index (χ1n) is 16.8. The summed E-state index contributed by atoms with van der Waals surface area (Å²) in [6, 6.07) is 20.7. The van der Waals surface area contributed by atoms with E-state index in [1.165, 1.54) is 24.3 Å². The van der Waals surface area contributed by atoms with Gasteiger partial charge in [0.15, 0.2) is 0 Å². The third-order valence-corrected chi connectivity index (χ3v) is 9.98. The zero-order chi connectivity index (χ0) is 35.9. The van der Waals surface area contributed by atoms with Crippen molar-refractivity contribution in [2.24, 2.45) is 0 Å². The molecule has 1 saturated carbocycles. The van der Waals surface area contributed by atoms with Gasteiger partial charge in [0.1, 0.15) is 18.3 Å². The van der Waals surface area contributed by atoms with Crippen molar-refractivity contribution in [3.63, 3.8) is 0 Å². The normalized spacial score (nSPS) is 20.6. The van der Waals surface area contributed by atoms with Gasteiger partial charge in [-0.2, -0.15) is 0 Å². The summed E-state index contributed by atoms with van der Waals surface area (Å²) in [5.74, 6) is -1.11. The summed E-state index contributed by atoms with van der Waals surface area (Å²) >= 11 is 0. The molecule has 3 aromatic carbocycles. The average molecular weight is 704 g/mol. The quantitative estimate of drug-likeness (QED) is 0.234. The summed E-state index contributed by atoms with van der Waals surface area (Å²) in [6.45, 7) is 1.86. The number of amides is 5. The van der Waals surface area contributed by atoms with Crippen LogP contribution in [0.5, 0.6) is 5.75 Å². The molecule has 266 valence electrons. The van der Waals surface area contributed by atoms with Crippen LogP contribution in [0.1, 0.15) is 85.3 Å². The van der Waals surface area contributed by atoms with Crippen LogP contribution in [-0.2, 0) is 19.6 Å². The molecule has 3 atom stereocenters. The number of anilines is 1. The topological polar surface area (TPSA) is 163 Å². The molecule has 1 aliphatic heterocycles. The Morgan fingerprint density at radius 1 is 0.920 bits per heavy atom. The average Bonchev–Trinajstić information content (AvgIpc) is 3.20. The lowest BCUT2D eigenvalue weighted by Crippen LogP contribution is -2.54. The van der Waals surface area contributed by atoms with E-state index in [1.54, 1.807) is 12.0 Å². The Bertz CT molecular complexity index is 1810. The van der Waals surface area contributed by atoms with Gasteiger partial charge < -0.3 is 25.6 Å². The number of urea groups is 1. The van der Waals surface area contributed by atoms with E-state index in [-0.39, 0.29) is 41.6 Å². The van der Waals surface area contributed by atoms with Crippen molar-refractivity contribution >= 4 is 39.5 Å². The van der Waals surface area contributed by atoms with E-state index in [2.05, 4.69) is 22.9 Å². The minimum Gasteiger partial charge on any atom is -0.496 e. The van der Waals surface area contributed by atoms with Crippen molar-refractivity contribution in [2.75, 3.05) is 25.2 Å². The number of nitrogens with one attached hydrogen (secondary N) is 4. The molecule has 2 aliphatic rings. The summed E-state index contributed by atoms with van der Waals surface area (Å²) in [5, 5.41) is 8.71. The maximum absolute atomic E-state index is 14.6. The lowest BCUT2D eigenvalue weighted by Gasteiger charge is -2.37. The second kappa shape index (κ2) is 15.8. The second-order valence-corrected chi connectivity index (χ2v) is 15.2. The summed E-state index contributed by atoms with van der Waals surface area (Å²) in [5.41, 5.74) is 1.62. The molecule has 5 rings (SSSR count). The molecule has 0 bridgehead atoms. The SMILES string of the molecule is COc1ccccc1C1CC(NC(=O)Nc2cccc(C(=O)NS(C)(=O)=O)c2)C(=O)N(CC(=O)NC2(C)CCCCC2)C(c2ccccc2)C1. The van der Waals surface area contributed by atoms with Crippen molar-refractivity contribution in [3.8, 4) is 5.75 Å². The summed E-state index contributed by atoms with van der Waals surface area (Å²) in [6.07, 6.45) is 6.48. The number of methoxy groups -OCH3 is 1. The van der Waals surface area contributed by atoms with Crippen LogP contribution in [0, 0.1) is 0 Å². The number of likely N-dealkylation sites (tertiary alicyclic amines) is 1. The monoisotopic (exact) mass is 703 g/mol. The Kier molecular flexibility index (Phi) is 11.5. The van der Waals surface area contributed by atoms with E-state index in [1.807, 2.05) is 59.3 Å². The number of carbonyl (C=O) groups excluding carboxylic acids is 4. The van der Waals surface area contributed by atoms with E-state index < -0.39 is 40.0 Å². The van der Waals surface area contributed by atoms with Gasteiger partial charge in [-0.3, -0.25) is 14.4 Å². The van der Waals surface area contributed by atoms with Crippen molar-refractivity contribution < 1.29 is 32.3 Å². The van der Waals surface area contributed by atoms with Gasteiger partial charge in [0.2, 0.25) is 21.8 Å². The van der Waals surface area contributed by atoms with Gasteiger partial charge >= 0.3 is 6.03 Å². The Labute approximate surface area is 293 Å². The summed E-state index contributed by atoms with van der Waals surface area (Å²) in [4.78, 5) is 55.8. The van der Waals surface area contributed by atoms with Crippen LogP contribution in [-0.4, -0.2) is 68.6 Å². The van der Waals surface area contributed by atoms with Crippen LogP contribution in [0.2, 0.25) is 0 Å². The van der Waals surface area contributed by atoms with Gasteiger partial charge in [-0.1, -0.05) is 73.9 Å². The van der Waals surface area contributed by atoms with E-state index in [0.717, 1.165) is 49.5 Å². The molecular formula is C37H45N5O7S. The zero-order valence-electron chi connectivity index (χ0n) is 28.6. The number of benzene rings is 3. The molecule has 2 fully saturated rings. The molecule has 4 N–H and O–H groups in total. The van der Waals surface area contributed by atoms with Gasteiger partial charge in [-0.15, -0.1) is 0 Å². The van der Waals surface area contributed by atoms with Gasteiger partial charge in [0, 0.05) is 16.8 Å². The molecule has 13 heteroatoms. The third kappa shape index (κ3) is 9.41. The van der Waals surface area contributed by atoms with E-state index in [0.29, 0.717) is 12.2 Å². The molecule has 1 saturated heterocycles. The number of hydrogen-bond donors (Lipinski definition) is 4. The highest BCUT2D eigenvalue weighted by molar-refractivity contribution is 7.89. The predicted molar refractivity (Wildman–Crippen MR) is 190 cm³/mol. The van der Waals surface area contributed by atoms with Crippen molar-refractivity contribution in [1.29, 1.82) is 0 Å². The molecule has 50 heavy (non-hydrogen) atoms. The van der Waals surface area contributed by atoms with Crippen LogP contribution in [0.15, 0.2) is 78.9 Å². The van der Waals surface area contributed by atoms with Crippen LogP contribution < -0.4 is 25.4 Å². The highest BCUT2D eigenvalue weighted by Crippen LogP contribution is 2.42. The number of rotatable bonds is 10. The highest BCUT2D eigenvalue weighted by Gasteiger charge is 2.41. The number of nitrogens with zero attached hydrogens (tertiary/aromatic N) is 1. The molecule has 3 aromatic rings. The minimum atomic E-state index is -3.80. The van der Waals surface area contributed by atoms with Gasteiger partial charge in [0.05, 0.1) is 19.4 Å². The molecular weight excluding hydrogens is 659 g/mol. The van der Waals surface area contributed by atoms with E-state index in [4.69, 9.17) is 4.74 Å². The van der Waals surface area contributed by atoms with Gasteiger partial charge in [-0.25, -0.2) is 17.9 Å². The second-order valence-electron chi connectivity index (χ2n) is 13.4. The molecule has 3 unspecified atom stereocenters. The first-order chi connectivity index (χ1) is 23.8. The molecule has 5 amide bonds. The lowest BCUT2D eigenvalue weighted by molar-refractivity contribution is -0.140. The third-order valence-electron chi connectivity index (χ3n) is 9.43. The van der Waals surface area contributed by atoms with Crippen LogP contribution in [0.3, 0.4) is 0 Å². The zero-order valence-corrected chi connectivity index (χ0v) is 29.4. The van der Waals surface area contributed by atoms with E-state index in [9.17, 15) is 27.6 Å². The maximum Gasteiger partial charge on any atom is 0.319 e. The number of para-hydroxylation sites is 1. The smallest absolute Gasteiger partial charge is 0.319 e. The van der Waals surface area contributed by atoms with Crippen LogP contribution >= 0.6 is 0 Å². The van der Waals surface area contributed by atoms with E-state index >= 15 is 0 Å². The van der Waals surface area contributed by atoms with Crippen LogP contribution in [0.25, 0.3) is 0 Å². The van der Waals surface area contributed by atoms with Crippen LogP contribution in [0.4, 0.5) is 10.5 Å². The Morgan fingerprint density at radius 3 is 2.32 bits per heavy atom. The van der Waals surface area contributed by atoms with Gasteiger partial charge in [0.25, 0.3) is 5.91 Å². The summed E-state index contributed by atoms with van der Waals surface area (Å²) < 4.78 is 30.8. The first kappa shape index (κ1) is 36.4. The predicted octanol–water partition coefficient (Wildman–Crippen LogP) is 4.86. The Morgan fingerprint density at radius 2 is 1.62 bits per heavy atom. The molecule has 1 aliphatic carbocycles. The molecule has 1 heterocycles. The Balaban J connectivity index is 1.46. The fourth-order valence-electron chi connectivity index (χ4n) is 7.07. The standard InChI is InChI=1S/C37H45N5O7S/c1-37(19-10-5-11-20-37)40-33(43)24-42-31(25-13-6-4-7-14-25)23-27(29-17-8-9-18-32(29)49-2)22-30(35(42)45)39-36(46)38-28-16-12-15-26(21-28)34(44)41-50(3,47)48/h4,6-9,12-18,21,27,30-31H,5,10-11,19-20,22-24H2,1-3H3,(H,40,43)(H,41,44)(H2,38,39,46). The maximum atomic E-state index is 14.6. The van der Waals surface area contributed by atoms with Crippen molar-refractivity contribution in [3.05, 3.63) is 95.6 Å². The fourth-order valence-corrected chi connectivity index (χ4v) is 7.52.